The molecule has 3 nitrogen and oxygen atoms in total. The normalized spacial score (nSPS) is 51.9. The fourth-order valence-electron chi connectivity index (χ4n) is 9.94. The summed E-state index contributed by atoms with van der Waals surface area (Å²) < 4.78 is 5.47. The number of rotatable bonds is 1. The summed E-state index contributed by atoms with van der Waals surface area (Å²) in [4.78, 5) is 13.3. The minimum absolute atomic E-state index is 0.0464. The van der Waals surface area contributed by atoms with Crippen molar-refractivity contribution >= 4 is 5.97 Å². The van der Waals surface area contributed by atoms with Crippen LogP contribution in [0.4, 0.5) is 0 Å². The minimum atomic E-state index is -0.311. The van der Waals surface area contributed by atoms with Gasteiger partial charge < -0.3 is 9.84 Å². The van der Waals surface area contributed by atoms with E-state index < -0.39 is 0 Å². The van der Waals surface area contributed by atoms with Gasteiger partial charge in [0.15, 0.2) is 0 Å². The number of carbonyl (C=O) groups is 1. The van der Waals surface area contributed by atoms with E-state index in [1.807, 2.05) is 0 Å². The van der Waals surface area contributed by atoms with Crippen LogP contribution in [-0.4, -0.2) is 24.3 Å². The zero-order valence-electron chi connectivity index (χ0n) is 21.4. The molecule has 0 aromatic heterocycles. The van der Waals surface area contributed by atoms with E-state index >= 15 is 0 Å². The van der Waals surface area contributed by atoms with Crippen molar-refractivity contribution < 1.29 is 14.6 Å². The predicted molar refractivity (Wildman–Crippen MR) is 128 cm³/mol. The molecule has 8 atom stereocenters. The fourth-order valence-corrected chi connectivity index (χ4v) is 9.94. The first-order valence-electron chi connectivity index (χ1n) is 13.4. The van der Waals surface area contributed by atoms with Gasteiger partial charge in [0.25, 0.3) is 0 Å². The van der Waals surface area contributed by atoms with Crippen molar-refractivity contribution in [1.82, 2.24) is 0 Å². The van der Waals surface area contributed by atoms with E-state index in [1.54, 1.807) is 12.7 Å². The third-order valence-electron chi connectivity index (χ3n) is 12.3. The highest BCUT2D eigenvalue weighted by Crippen LogP contribution is 2.74. The van der Waals surface area contributed by atoms with Gasteiger partial charge in [0, 0.05) is 0 Å². The number of allylic oxidation sites excluding steroid dienone is 2. The number of fused-ring (bicyclic) bond motifs is 7. The van der Waals surface area contributed by atoms with Crippen LogP contribution >= 0.6 is 0 Å². The molecule has 0 saturated heterocycles. The van der Waals surface area contributed by atoms with Crippen molar-refractivity contribution in [3.63, 3.8) is 0 Å². The average molecular weight is 443 g/mol. The maximum Gasteiger partial charge on any atom is 0.312 e. The van der Waals surface area contributed by atoms with E-state index in [0.717, 1.165) is 51.4 Å². The van der Waals surface area contributed by atoms with Gasteiger partial charge >= 0.3 is 5.97 Å². The Morgan fingerprint density at radius 3 is 2.44 bits per heavy atom. The second-order valence-electron chi connectivity index (χ2n) is 13.9. The molecular formula is C29H46O3. The summed E-state index contributed by atoms with van der Waals surface area (Å²) in [6, 6.07) is 0. The Labute approximate surface area is 195 Å². The monoisotopic (exact) mass is 442 g/mol. The molecule has 5 rings (SSSR count). The largest absolute Gasteiger partial charge is 0.469 e. The van der Waals surface area contributed by atoms with Crippen LogP contribution in [0.1, 0.15) is 105 Å². The predicted octanol–water partition coefficient (Wildman–Crippen LogP) is 6.69. The zero-order chi connectivity index (χ0) is 23.2. The van der Waals surface area contributed by atoms with Crippen LogP contribution in [0.15, 0.2) is 11.6 Å². The second kappa shape index (κ2) is 7.09. The van der Waals surface area contributed by atoms with Gasteiger partial charge in [-0.1, -0.05) is 46.3 Å². The van der Waals surface area contributed by atoms with E-state index in [4.69, 9.17) is 4.74 Å². The average Bonchev–Trinajstić information content (AvgIpc) is 2.74. The highest BCUT2D eigenvalue weighted by Gasteiger charge is 2.67. The Kier molecular flexibility index (Phi) is 5.08. The van der Waals surface area contributed by atoms with Crippen molar-refractivity contribution in [2.75, 3.05) is 7.11 Å². The van der Waals surface area contributed by atoms with Crippen LogP contribution in [0.5, 0.6) is 0 Å². The van der Waals surface area contributed by atoms with Crippen molar-refractivity contribution in [3.8, 4) is 0 Å². The van der Waals surface area contributed by atoms with E-state index in [0.29, 0.717) is 23.2 Å². The molecular weight excluding hydrogens is 396 g/mol. The number of aliphatic hydroxyl groups excluding tert-OH is 1. The van der Waals surface area contributed by atoms with Crippen LogP contribution in [0, 0.1) is 44.8 Å². The summed E-state index contributed by atoms with van der Waals surface area (Å²) in [5.41, 5.74) is 2.35. The number of aliphatic hydroxyl groups is 1. The van der Waals surface area contributed by atoms with Crippen molar-refractivity contribution in [3.05, 3.63) is 11.6 Å². The quantitative estimate of drug-likeness (QED) is 0.364. The number of ether oxygens (including phenoxy) is 1. The van der Waals surface area contributed by atoms with Crippen LogP contribution in [0.2, 0.25) is 0 Å². The third-order valence-corrected chi connectivity index (χ3v) is 12.3. The summed E-state index contributed by atoms with van der Waals surface area (Å²) in [6.07, 6.45) is 14.6. The Bertz CT molecular complexity index is 828. The van der Waals surface area contributed by atoms with Crippen molar-refractivity contribution in [2.45, 2.75) is 111 Å². The lowest BCUT2D eigenvalue weighted by Gasteiger charge is -2.69. The Balaban J connectivity index is 1.58. The Morgan fingerprint density at radius 2 is 1.72 bits per heavy atom. The number of esters is 1. The summed E-state index contributed by atoms with van der Waals surface area (Å²) in [7, 11) is 1.59. The standard InChI is InChI=1S/C29H46O3/c1-25(2)13-15-29(24(31)32-6)16-14-27(4)21(22(29)18-25)7-8-23-26(3)11-10-20(30)17-19(26)9-12-28(23,27)5/h7,19-20,22-23,30H,8-18H2,1-6H3/t19-,20-,22+,23-,26-,27+,28+,29+/m1/s1. The first-order chi connectivity index (χ1) is 14.9. The first-order valence-corrected chi connectivity index (χ1v) is 13.4. The molecule has 180 valence electrons. The fraction of sp³-hybridized carbons (Fsp3) is 0.897. The molecule has 0 amide bonds. The molecule has 1 N–H and O–H groups in total. The molecule has 0 aromatic rings. The van der Waals surface area contributed by atoms with Gasteiger partial charge in [0.1, 0.15) is 0 Å². The molecule has 0 aromatic carbocycles. The summed E-state index contributed by atoms with van der Waals surface area (Å²) in [5, 5.41) is 10.4. The molecule has 5 aliphatic rings. The molecule has 3 heteroatoms. The highest BCUT2D eigenvalue weighted by molar-refractivity contribution is 5.78. The lowest BCUT2D eigenvalue weighted by molar-refractivity contribution is -0.181. The van der Waals surface area contributed by atoms with E-state index in [2.05, 4.69) is 40.7 Å². The summed E-state index contributed by atoms with van der Waals surface area (Å²) in [5.74, 6) is 1.71. The van der Waals surface area contributed by atoms with Crippen LogP contribution in [0.25, 0.3) is 0 Å². The molecule has 0 heterocycles. The molecule has 0 bridgehead atoms. The van der Waals surface area contributed by atoms with Gasteiger partial charge in [-0.15, -0.1) is 0 Å². The zero-order valence-corrected chi connectivity index (χ0v) is 21.4. The molecule has 0 radical (unpaired) electrons. The van der Waals surface area contributed by atoms with E-state index in [-0.39, 0.29) is 33.7 Å². The van der Waals surface area contributed by atoms with Gasteiger partial charge in [-0.3, -0.25) is 4.79 Å². The lowest BCUT2D eigenvalue weighted by atomic mass is 9.35. The number of hydrogen-bond donors (Lipinski definition) is 1. The first kappa shape index (κ1) is 22.9. The second-order valence-corrected chi connectivity index (χ2v) is 13.9. The Hall–Kier alpha value is -0.830. The molecule has 4 fully saturated rings. The third kappa shape index (κ3) is 2.85. The maximum absolute atomic E-state index is 13.3. The molecule has 5 aliphatic carbocycles. The van der Waals surface area contributed by atoms with Gasteiger partial charge in [-0.25, -0.2) is 0 Å². The molecule has 0 spiro atoms. The SMILES string of the molecule is COC(=O)[C@]12CCC(C)(C)C[C@H]1C1=CC[C@@H]3[C@]4(C)CC[C@@H](O)C[C@H]4CC[C@]3(C)[C@@]1(C)CC2. The van der Waals surface area contributed by atoms with Crippen molar-refractivity contribution in [1.29, 1.82) is 0 Å². The summed E-state index contributed by atoms with van der Waals surface area (Å²) in [6.45, 7) is 12.5. The smallest absolute Gasteiger partial charge is 0.312 e. The van der Waals surface area contributed by atoms with Crippen LogP contribution in [0.3, 0.4) is 0 Å². The lowest BCUT2D eigenvalue weighted by Crippen LogP contribution is -2.62. The molecule has 0 unspecified atom stereocenters. The van der Waals surface area contributed by atoms with Gasteiger partial charge in [0.2, 0.25) is 0 Å². The number of methoxy groups -OCH3 is 1. The molecule has 0 aliphatic heterocycles. The van der Waals surface area contributed by atoms with Crippen molar-refractivity contribution in [2.24, 2.45) is 44.8 Å². The maximum atomic E-state index is 13.3. The number of carbonyl (C=O) groups excluding carboxylic acids is 1. The summed E-state index contributed by atoms with van der Waals surface area (Å²) >= 11 is 0. The minimum Gasteiger partial charge on any atom is -0.469 e. The van der Waals surface area contributed by atoms with Gasteiger partial charge in [0.05, 0.1) is 18.6 Å². The van der Waals surface area contributed by atoms with Crippen LogP contribution < -0.4 is 0 Å². The molecule has 4 saturated carbocycles. The van der Waals surface area contributed by atoms with Gasteiger partial charge in [-0.2, -0.15) is 0 Å². The van der Waals surface area contributed by atoms with Gasteiger partial charge in [-0.05, 0) is 110 Å². The number of hydrogen-bond acceptors (Lipinski definition) is 3. The highest BCUT2D eigenvalue weighted by atomic mass is 16.5. The van der Waals surface area contributed by atoms with E-state index in [1.165, 1.54) is 19.3 Å². The Morgan fingerprint density at radius 1 is 1.00 bits per heavy atom. The topological polar surface area (TPSA) is 46.5 Å². The van der Waals surface area contributed by atoms with Crippen LogP contribution in [-0.2, 0) is 9.53 Å². The van der Waals surface area contributed by atoms with E-state index in [9.17, 15) is 9.90 Å². The molecule has 32 heavy (non-hydrogen) atoms.